The maximum atomic E-state index is 12.4. The number of nitro groups is 1. The molecule has 1 fully saturated rings. The number of carbonyl (C=O) groups is 1. The topological polar surface area (TPSA) is 116 Å². The molecule has 10 heteroatoms. The number of anilines is 1. The first-order chi connectivity index (χ1) is 11.5. The van der Waals surface area contributed by atoms with Gasteiger partial charge in [-0.15, -0.1) is 5.10 Å². The lowest BCUT2D eigenvalue weighted by atomic mass is 10.2. The highest BCUT2D eigenvalue weighted by atomic mass is 32.2. The monoisotopic (exact) mass is 348 g/mol. The van der Waals surface area contributed by atoms with Crippen molar-refractivity contribution in [3.05, 3.63) is 33.9 Å². The summed E-state index contributed by atoms with van der Waals surface area (Å²) in [5, 5.41) is 25.3. The zero-order valence-corrected chi connectivity index (χ0v) is 14.0. The van der Waals surface area contributed by atoms with Gasteiger partial charge in [-0.05, 0) is 42.7 Å². The average Bonchev–Trinajstić information content (AvgIpc) is 3.29. The van der Waals surface area contributed by atoms with E-state index in [-0.39, 0.29) is 11.6 Å². The third-order valence-electron chi connectivity index (χ3n) is 3.70. The summed E-state index contributed by atoms with van der Waals surface area (Å²) in [7, 11) is 0. The number of thioether (sulfide) groups is 1. The third kappa shape index (κ3) is 3.53. The Morgan fingerprint density at radius 1 is 1.50 bits per heavy atom. The molecular weight excluding hydrogens is 332 g/mol. The maximum absolute atomic E-state index is 12.4. The largest absolute Gasteiger partial charge is 0.325 e. The van der Waals surface area contributed by atoms with Gasteiger partial charge in [0.15, 0.2) is 0 Å². The first kappa shape index (κ1) is 16.4. The number of aromatic nitrogens is 4. The predicted molar refractivity (Wildman–Crippen MR) is 87.9 cm³/mol. The summed E-state index contributed by atoms with van der Waals surface area (Å²) in [6, 6.07) is 4.71. The number of tetrazole rings is 1. The van der Waals surface area contributed by atoms with Gasteiger partial charge < -0.3 is 5.32 Å². The number of amides is 1. The van der Waals surface area contributed by atoms with Crippen LogP contribution in [0.1, 0.15) is 31.4 Å². The van der Waals surface area contributed by atoms with Crippen LogP contribution >= 0.6 is 11.8 Å². The number of carbonyl (C=O) groups excluding carboxylic acids is 1. The first-order valence-electron chi connectivity index (χ1n) is 7.46. The first-order valence-corrected chi connectivity index (χ1v) is 8.34. The number of hydrogen-bond donors (Lipinski definition) is 1. The minimum Gasteiger partial charge on any atom is -0.325 e. The van der Waals surface area contributed by atoms with Gasteiger partial charge in [0, 0.05) is 12.1 Å². The molecule has 1 aromatic carbocycles. The van der Waals surface area contributed by atoms with E-state index in [1.807, 2.05) is 0 Å². The van der Waals surface area contributed by atoms with Crippen LogP contribution in [0, 0.1) is 17.0 Å². The summed E-state index contributed by atoms with van der Waals surface area (Å²) in [5.41, 5.74) is 1.13. The van der Waals surface area contributed by atoms with Crippen LogP contribution in [-0.4, -0.2) is 36.3 Å². The van der Waals surface area contributed by atoms with Crippen LogP contribution < -0.4 is 5.32 Å². The fourth-order valence-corrected chi connectivity index (χ4v) is 2.97. The Kier molecular flexibility index (Phi) is 4.47. The van der Waals surface area contributed by atoms with E-state index in [0.29, 0.717) is 16.9 Å². The molecule has 2 aromatic rings. The Morgan fingerprint density at radius 2 is 2.25 bits per heavy atom. The lowest BCUT2D eigenvalue weighted by Crippen LogP contribution is -2.23. The van der Waals surface area contributed by atoms with Gasteiger partial charge in [-0.2, -0.15) is 0 Å². The van der Waals surface area contributed by atoms with E-state index in [1.165, 1.54) is 23.9 Å². The van der Waals surface area contributed by atoms with Crippen molar-refractivity contribution in [1.82, 2.24) is 20.2 Å². The SMILES string of the molecule is Cc1ccc([N+](=O)[O-])cc1NC(=O)C(C)Sc1nnnn1C1CC1. The van der Waals surface area contributed by atoms with Crippen LogP contribution in [-0.2, 0) is 4.79 Å². The second kappa shape index (κ2) is 6.56. The highest BCUT2D eigenvalue weighted by Gasteiger charge is 2.29. The summed E-state index contributed by atoms with van der Waals surface area (Å²) in [4.78, 5) is 22.8. The minimum atomic E-state index is -0.489. The molecule has 0 radical (unpaired) electrons. The van der Waals surface area contributed by atoms with Crippen molar-refractivity contribution in [3.8, 4) is 0 Å². The Hall–Kier alpha value is -2.49. The molecule has 1 heterocycles. The second-order valence-electron chi connectivity index (χ2n) is 5.64. The quantitative estimate of drug-likeness (QED) is 0.484. The smallest absolute Gasteiger partial charge is 0.271 e. The Balaban J connectivity index is 1.69. The van der Waals surface area contributed by atoms with Gasteiger partial charge in [-0.3, -0.25) is 14.9 Å². The van der Waals surface area contributed by atoms with E-state index in [1.54, 1.807) is 24.6 Å². The van der Waals surface area contributed by atoms with Gasteiger partial charge in [0.2, 0.25) is 11.1 Å². The average molecular weight is 348 g/mol. The van der Waals surface area contributed by atoms with Crippen molar-refractivity contribution in [2.45, 2.75) is 43.1 Å². The standard InChI is InChI=1S/C14H16N6O3S/c1-8-3-4-11(20(22)23)7-12(8)15-13(21)9(2)24-14-16-17-18-19(14)10-5-6-10/h3-4,7,9-10H,5-6H2,1-2H3,(H,15,21). The van der Waals surface area contributed by atoms with Crippen molar-refractivity contribution in [2.24, 2.45) is 0 Å². The van der Waals surface area contributed by atoms with Crippen molar-refractivity contribution < 1.29 is 9.72 Å². The van der Waals surface area contributed by atoms with Gasteiger partial charge in [0.05, 0.1) is 21.9 Å². The molecular formula is C14H16N6O3S. The van der Waals surface area contributed by atoms with E-state index >= 15 is 0 Å². The molecule has 1 aliphatic rings. The van der Waals surface area contributed by atoms with Gasteiger partial charge in [0.1, 0.15) is 0 Å². The molecule has 24 heavy (non-hydrogen) atoms. The number of nitro benzene ring substituents is 1. The third-order valence-corrected chi connectivity index (χ3v) is 4.74. The fraction of sp³-hybridized carbons (Fsp3) is 0.429. The number of nitrogens with one attached hydrogen (secondary N) is 1. The number of aryl methyl sites for hydroxylation is 1. The van der Waals surface area contributed by atoms with Crippen molar-refractivity contribution in [3.63, 3.8) is 0 Å². The van der Waals surface area contributed by atoms with Crippen LogP contribution in [0.2, 0.25) is 0 Å². The maximum Gasteiger partial charge on any atom is 0.271 e. The molecule has 1 saturated carbocycles. The van der Waals surface area contributed by atoms with Crippen LogP contribution in [0.3, 0.4) is 0 Å². The number of non-ortho nitro benzene ring substituents is 1. The molecule has 1 unspecified atom stereocenters. The summed E-state index contributed by atoms with van der Waals surface area (Å²) in [6.45, 7) is 3.53. The van der Waals surface area contributed by atoms with E-state index in [9.17, 15) is 14.9 Å². The van der Waals surface area contributed by atoms with Crippen LogP contribution in [0.25, 0.3) is 0 Å². The lowest BCUT2D eigenvalue weighted by Gasteiger charge is -2.13. The molecule has 1 aromatic heterocycles. The van der Waals surface area contributed by atoms with Crippen LogP contribution in [0.15, 0.2) is 23.4 Å². The molecule has 1 aliphatic carbocycles. The molecule has 1 N–H and O–H groups in total. The summed E-state index contributed by atoms with van der Waals surface area (Å²) >= 11 is 1.27. The van der Waals surface area contributed by atoms with Crippen molar-refractivity contribution in [2.75, 3.05) is 5.32 Å². The molecule has 0 saturated heterocycles. The Labute approximate surface area is 142 Å². The summed E-state index contributed by atoms with van der Waals surface area (Å²) in [5.74, 6) is -0.256. The highest BCUT2D eigenvalue weighted by molar-refractivity contribution is 8.00. The van der Waals surface area contributed by atoms with Crippen LogP contribution in [0.5, 0.6) is 0 Å². The van der Waals surface area contributed by atoms with Crippen LogP contribution in [0.4, 0.5) is 11.4 Å². The van der Waals surface area contributed by atoms with Crippen molar-refractivity contribution in [1.29, 1.82) is 0 Å². The normalized spacial score (nSPS) is 15.1. The zero-order valence-electron chi connectivity index (χ0n) is 13.2. The molecule has 1 amide bonds. The number of rotatable bonds is 6. The highest BCUT2D eigenvalue weighted by Crippen LogP contribution is 2.37. The van der Waals surface area contributed by atoms with Gasteiger partial charge in [-0.1, -0.05) is 17.8 Å². The van der Waals surface area contributed by atoms with Gasteiger partial charge in [-0.25, -0.2) is 4.68 Å². The molecule has 9 nitrogen and oxygen atoms in total. The summed E-state index contributed by atoms with van der Waals surface area (Å²) in [6.07, 6.45) is 2.10. The van der Waals surface area contributed by atoms with Gasteiger partial charge >= 0.3 is 0 Å². The molecule has 1 atom stereocenters. The zero-order chi connectivity index (χ0) is 17.3. The molecule has 126 valence electrons. The molecule has 0 spiro atoms. The fourth-order valence-electron chi connectivity index (χ4n) is 2.12. The van der Waals surface area contributed by atoms with E-state index in [0.717, 1.165) is 18.4 Å². The molecule has 3 rings (SSSR count). The minimum absolute atomic E-state index is 0.0612. The van der Waals surface area contributed by atoms with E-state index in [2.05, 4.69) is 20.8 Å². The molecule has 0 aliphatic heterocycles. The molecule has 0 bridgehead atoms. The number of hydrogen-bond acceptors (Lipinski definition) is 7. The van der Waals surface area contributed by atoms with E-state index in [4.69, 9.17) is 0 Å². The predicted octanol–water partition coefficient (Wildman–Crippen LogP) is 2.34. The van der Waals surface area contributed by atoms with E-state index < -0.39 is 10.2 Å². The summed E-state index contributed by atoms with van der Waals surface area (Å²) < 4.78 is 1.74. The van der Waals surface area contributed by atoms with Crippen molar-refractivity contribution >= 4 is 29.0 Å². The van der Waals surface area contributed by atoms with Gasteiger partial charge in [0.25, 0.3) is 5.69 Å². The Morgan fingerprint density at radius 3 is 2.92 bits per heavy atom. The Bertz CT molecular complexity index is 789. The lowest BCUT2D eigenvalue weighted by molar-refractivity contribution is -0.384. The number of benzene rings is 1. The second-order valence-corrected chi connectivity index (χ2v) is 6.95. The number of nitrogens with zero attached hydrogens (tertiary/aromatic N) is 5.